The zero-order valence-corrected chi connectivity index (χ0v) is 19.1. The molecule has 29 heavy (non-hydrogen) atoms. The lowest BCUT2D eigenvalue weighted by molar-refractivity contribution is 0.00363. The minimum Gasteiger partial charge on any atom is -0.381 e. The molecule has 4 aliphatic rings. The molecule has 1 saturated carbocycles. The van der Waals surface area contributed by atoms with E-state index in [-0.39, 0.29) is 0 Å². The number of nitrogens with one attached hydrogen (secondary N) is 1. The van der Waals surface area contributed by atoms with Crippen LogP contribution < -0.4 is 5.32 Å². The van der Waals surface area contributed by atoms with Crippen molar-refractivity contribution in [3.8, 4) is 0 Å². The Labute approximate surface area is 181 Å². The molecule has 1 N–H and O–H groups in total. The fourth-order valence-electron chi connectivity index (χ4n) is 5.46. The van der Waals surface area contributed by atoms with Crippen molar-refractivity contribution in [3.05, 3.63) is 0 Å². The number of morpholine rings is 1. The molecule has 1 aliphatic carbocycles. The van der Waals surface area contributed by atoms with Gasteiger partial charge in [-0.15, -0.1) is 0 Å². The van der Waals surface area contributed by atoms with E-state index in [9.17, 15) is 0 Å². The second kappa shape index (κ2) is 10.7. The Bertz CT molecular complexity index is 523. The molecule has 3 aliphatic heterocycles. The highest BCUT2D eigenvalue weighted by Crippen LogP contribution is 2.42. The van der Waals surface area contributed by atoms with E-state index in [1.54, 1.807) is 0 Å². The quantitative estimate of drug-likeness (QED) is 0.540. The molecule has 2 atom stereocenters. The lowest BCUT2D eigenvalue weighted by Gasteiger charge is -2.45. The fourth-order valence-corrected chi connectivity index (χ4v) is 7.03. The van der Waals surface area contributed by atoms with Gasteiger partial charge in [-0.25, -0.2) is 0 Å². The number of guanidine groups is 1. The van der Waals surface area contributed by atoms with Crippen molar-refractivity contribution >= 4 is 17.7 Å². The summed E-state index contributed by atoms with van der Waals surface area (Å²) in [6.45, 7) is 11.8. The predicted octanol–water partition coefficient (Wildman–Crippen LogP) is 2.44. The molecule has 0 aromatic heterocycles. The monoisotopic (exact) mass is 424 g/mol. The summed E-state index contributed by atoms with van der Waals surface area (Å²) < 4.78 is 11.8. The van der Waals surface area contributed by atoms with Crippen LogP contribution in [0.15, 0.2) is 4.99 Å². The first-order valence-electron chi connectivity index (χ1n) is 11.9. The third-order valence-corrected chi connectivity index (χ3v) is 8.64. The SMILES string of the molecule is CCNC(=NCC(C1CCOC1)N1CCOCC1)N1CCSC2(CCCCC2)C1. The maximum atomic E-state index is 5.74. The van der Waals surface area contributed by atoms with E-state index < -0.39 is 0 Å². The molecule has 0 amide bonds. The average Bonchev–Trinajstić information content (AvgIpc) is 3.29. The largest absolute Gasteiger partial charge is 0.381 e. The Morgan fingerprint density at radius 3 is 2.69 bits per heavy atom. The minimum atomic E-state index is 0.468. The Hall–Kier alpha value is -0.500. The summed E-state index contributed by atoms with van der Waals surface area (Å²) in [4.78, 5) is 10.4. The highest BCUT2D eigenvalue weighted by Gasteiger charge is 2.38. The van der Waals surface area contributed by atoms with Crippen molar-refractivity contribution in [2.24, 2.45) is 10.9 Å². The van der Waals surface area contributed by atoms with Crippen LogP contribution in [-0.2, 0) is 9.47 Å². The first-order valence-corrected chi connectivity index (χ1v) is 12.8. The van der Waals surface area contributed by atoms with Gasteiger partial charge < -0.3 is 19.7 Å². The van der Waals surface area contributed by atoms with Crippen LogP contribution in [0.4, 0.5) is 0 Å². The van der Waals surface area contributed by atoms with Crippen molar-refractivity contribution in [2.75, 3.05) is 71.4 Å². The highest BCUT2D eigenvalue weighted by molar-refractivity contribution is 8.00. The van der Waals surface area contributed by atoms with Gasteiger partial charge in [0.1, 0.15) is 0 Å². The van der Waals surface area contributed by atoms with E-state index in [4.69, 9.17) is 14.5 Å². The van der Waals surface area contributed by atoms with E-state index in [1.807, 2.05) is 0 Å². The highest BCUT2D eigenvalue weighted by atomic mass is 32.2. The van der Waals surface area contributed by atoms with Gasteiger partial charge in [-0.1, -0.05) is 19.3 Å². The summed E-state index contributed by atoms with van der Waals surface area (Å²) in [6.07, 6.45) is 8.14. The Morgan fingerprint density at radius 1 is 1.14 bits per heavy atom. The fraction of sp³-hybridized carbons (Fsp3) is 0.955. The molecule has 2 unspecified atom stereocenters. The third-order valence-electron chi connectivity index (χ3n) is 7.10. The molecular formula is C22H40N4O2S. The molecule has 4 fully saturated rings. The smallest absolute Gasteiger partial charge is 0.194 e. The molecule has 0 aromatic rings. The van der Waals surface area contributed by atoms with Crippen LogP contribution in [0.1, 0.15) is 45.4 Å². The third kappa shape index (κ3) is 5.60. The normalized spacial score (nSPS) is 29.9. The molecule has 4 rings (SSSR count). The van der Waals surface area contributed by atoms with Crippen molar-refractivity contribution in [1.29, 1.82) is 0 Å². The van der Waals surface area contributed by atoms with Gasteiger partial charge in [0.05, 0.1) is 26.4 Å². The van der Waals surface area contributed by atoms with Gasteiger partial charge in [0.2, 0.25) is 0 Å². The van der Waals surface area contributed by atoms with Gasteiger partial charge in [-0.2, -0.15) is 11.8 Å². The second-order valence-electron chi connectivity index (χ2n) is 9.05. The number of rotatable bonds is 5. The van der Waals surface area contributed by atoms with Crippen LogP contribution in [0.25, 0.3) is 0 Å². The molecule has 7 heteroatoms. The van der Waals surface area contributed by atoms with Gasteiger partial charge in [-0.05, 0) is 26.2 Å². The zero-order chi connectivity index (χ0) is 19.9. The van der Waals surface area contributed by atoms with E-state index in [1.165, 1.54) is 37.9 Å². The Morgan fingerprint density at radius 2 is 1.97 bits per heavy atom. The molecule has 1 spiro atoms. The summed E-state index contributed by atoms with van der Waals surface area (Å²) in [6, 6.07) is 0.470. The second-order valence-corrected chi connectivity index (χ2v) is 10.6. The summed E-state index contributed by atoms with van der Waals surface area (Å²) >= 11 is 2.23. The zero-order valence-electron chi connectivity index (χ0n) is 18.2. The van der Waals surface area contributed by atoms with Gasteiger partial charge in [0.15, 0.2) is 5.96 Å². The number of aliphatic imine (C=N–C) groups is 1. The van der Waals surface area contributed by atoms with E-state index >= 15 is 0 Å². The topological polar surface area (TPSA) is 49.3 Å². The van der Waals surface area contributed by atoms with Crippen molar-refractivity contribution in [1.82, 2.24) is 15.1 Å². The number of hydrogen-bond acceptors (Lipinski definition) is 5. The summed E-state index contributed by atoms with van der Waals surface area (Å²) in [7, 11) is 0. The maximum Gasteiger partial charge on any atom is 0.194 e. The first-order chi connectivity index (χ1) is 14.3. The molecule has 3 saturated heterocycles. The summed E-state index contributed by atoms with van der Waals surface area (Å²) in [5, 5.41) is 3.62. The molecule has 0 radical (unpaired) electrons. The summed E-state index contributed by atoms with van der Waals surface area (Å²) in [5.74, 6) is 2.96. The number of thioether (sulfide) groups is 1. The van der Waals surface area contributed by atoms with Gasteiger partial charge in [0, 0.05) is 61.8 Å². The molecule has 166 valence electrons. The van der Waals surface area contributed by atoms with Crippen LogP contribution in [0.5, 0.6) is 0 Å². The minimum absolute atomic E-state index is 0.468. The van der Waals surface area contributed by atoms with Crippen LogP contribution in [0.2, 0.25) is 0 Å². The van der Waals surface area contributed by atoms with Crippen molar-refractivity contribution < 1.29 is 9.47 Å². The number of nitrogens with zero attached hydrogens (tertiary/aromatic N) is 3. The summed E-state index contributed by atoms with van der Waals surface area (Å²) in [5.41, 5.74) is 0. The standard InChI is InChI=1S/C22H40N4O2S/c1-2-23-21(26-11-15-29-22(18-26)7-4-3-5-8-22)24-16-20(19-6-12-28-17-19)25-9-13-27-14-10-25/h19-20H,2-18H2,1H3,(H,23,24). The predicted molar refractivity (Wildman–Crippen MR) is 121 cm³/mol. The first kappa shape index (κ1) is 21.7. The van der Waals surface area contributed by atoms with Crippen LogP contribution in [-0.4, -0.2) is 98.0 Å². The van der Waals surface area contributed by atoms with E-state index in [0.717, 1.165) is 78.1 Å². The van der Waals surface area contributed by atoms with Crippen LogP contribution >= 0.6 is 11.8 Å². The van der Waals surface area contributed by atoms with Gasteiger partial charge >= 0.3 is 0 Å². The lowest BCUT2D eigenvalue weighted by Crippen LogP contribution is -2.54. The van der Waals surface area contributed by atoms with Crippen molar-refractivity contribution in [3.63, 3.8) is 0 Å². The molecule has 0 bridgehead atoms. The van der Waals surface area contributed by atoms with Crippen LogP contribution in [0, 0.1) is 5.92 Å². The van der Waals surface area contributed by atoms with Crippen molar-refractivity contribution in [2.45, 2.75) is 56.2 Å². The number of ether oxygens (including phenoxy) is 2. The average molecular weight is 425 g/mol. The molecule has 3 heterocycles. The number of hydrogen-bond donors (Lipinski definition) is 1. The van der Waals surface area contributed by atoms with Gasteiger partial charge in [0.25, 0.3) is 0 Å². The lowest BCUT2D eigenvalue weighted by atomic mass is 9.87. The van der Waals surface area contributed by atoms with E-state index in [2.05, 4.69) is 33.8 Å². The maximum absolute atomic E-state index is 5.74. The molecular weight excluding hydrogens is 384 g/mol. The van der Waals surface area contributed by atoms with Crippen LogP contribution in [0.3, 0.4) is 0 Å². The molecule has 0 aromatic carbocycles. The molecule has 6 nitrogen and oxygen atoms in total. The Balaban J connectivity index is 1.45. The van der Waals surface area contributed by atoms with Gasteiger partial charge in [-0.3, -0.25) is 9.89 Å². The Kier molecular flexibility index (Phi) is 8.01. The van der Waals surface area contributed by atoms with E-state index in [0.29, 0.717) is 16.7 Å².